The summed E-state index contributed by atoms with van der Waals surface area (Å²) in [5, 5.41) is 3.42. The van der Waals surface area contributed by atoms with E-state index in [0.717, 1.165) is 6.92 Å². The van der Waals surface area contributed by atoms with Crippen LogP contribution in [-0.4, -0.2) is 29.5 Å². The molecule has 17 heavy (non-hydrogen) atoms. The third kappa shape index (κ3) is 3.16. The molecule has 2 N–H and O–H groups in total. The lowest BCUT2D eigenvalue weighted by Gasteiger charge is -2.22. The predicted octanol–water partition coefficient (Wildman–Crippen LogP) is 1.38. The summed E-state index contributed by atoms with van der Waals surface area (Å²) in [4.78, 5) is 3.62. The number of ether oxygens (including phenoxy) is 1. The smallest absolute Gasteiger partial charge is 0.381 e. The van der Waals surface area contributed by atoms with E-state index in [1.165, 1.54) is 0 Å². The highest BCUT2D eigenvalue weighted by molar-refractivity contribution is 5.04. The average molecular weight is 253 g/mol. The summed E-state index contributed by atoms with van der Waals surface area (Å²) in [6.45, 7) is 3.43. The fourth-order valence-corrected chi connectivity index (χ4v) is 0.995. The van der Waals surface area contributed by atoms with Crippen LogP contribution >= 0.6 is 0 Å². The minimum absolute atomic E-state index is 0.148. The first-order valence-corrected chi connectivity index (χ1v) is 5.05. The summed E-state index contributed by atoms with van der Waals surface area (Å²) >= 11 is 0. The van der Waals surface area contributed by atoms with Gasteiger partial charge in [0.15, 0.2) is 11.4 Å². The highest BCUT2D eigenvalue weighted by Gasteiger charge is 2.53. The summed E-state index contributed by atoms with van der Waals surface area (Å²) in [6.07, 6.45) is -4.36. The number of rotatable bonds is 5. The topological polar surface area (TPSA) is 74.2 Å². The second-order valence-corrected chi connectivity index (χ2v) is 3.66. The van der Waals surface area contributed by atoms with Crippen LogP contribution < -0.4 is 5.73 Å². The van der Waals surface area contributed by atoms with Gasteiger partial charge >= 0.3 is 6.18 Å². The molecule has 0 saturated carbocycles. The van der Waals surface area contributed by atoms with Gasteiger partial charge in [0.05, 0.1) is 6.61 Å². The van der Waals surface area contributed by atoms with Gasteiger partial charge in [0.1, 0.15) is 0 Å². The van der Waals surface area contributed by atoms with Crippen molar-refractivity contribution in [3.05, 3.63) is 11.7 Å². The van der Waals surface area contributed by atoms with Crippen LogP contribution in [-0.2, 0) is 16.7 Å². The number of nitrogens with two attached hydrogens (primary N) is 1. The van der Waals surface area contributed by atoms with Crippen LogP contribution in [0.1, 0.15) is 25.6 Å². The Labute approximate surface area is 96.1 Å². The molecule has 1 heterocycles. The molecule has 1 aromatic heterocycles. The van der Waals surface area contributed by atoms with E-state index in [4.69, 9.17) is 10.5 Å². The van der Waals surface area contributed by atoms with Crippen LogP contribution in [0.3, 0.4) is 0 Å². The van der Waals surface area contributed by atoms with E-state index in [2.05, 4.69) is 14.7 Å². The zero-order chi connectivity index (χ0) is 13.1. The van der Waals surface area contributed by atoms with E-state index in [1.807, 2.05) is 6.92 Å². The summed E-state index contributed by atoms with van der Waals surface area (Å²) in [6, 6.07) is 0. The predicted molar refractivity (Wildman–Crippen MR) is 52.1 cm³/mol. The first-order valence-electron chi connectivity index (χ1n) is 5.05. The molecule has 0 spiro atoms. The number of halogens is 3. The molecule has 0 aliphatic heterocycles. The molecule has 0 radical (unpaired) electrons. The Morgan fingerprint density at radius 3 is 2.59 bits per heavy atom. The second kappa shape index (κ2) is 5.01. The van der Waals surface area contributed by atoms with E-state index in [9.17, 15) is 13.2 Å². The molecule has 0 amide bonds. The quantitative estimate of drug-likeness (QED) is 0.802. The Kier molecular flexibility index (Phi) is 4.10. The monoisotopic (exact) mass is 253 g/mol. The molecular weight excluding hydrogens is 239 g/mol. The fourth-order valence-electron chi connectivity index (χ4n) is 0.995. The van der Waals surface area contributed by atoms with Crippen molar-refractivity contribution in [1.82, 2.24) is 10.1 Å². The minimum atomic E-state index is -4.64. The molecule has 1 rings (SSSR count). The Morgan fingerprint density at radius 2 is 2.06 bits per heavy atom. The molecule has 8 heteroatoms. The molecule has 1 aromatic rings. The van der Waals surface area contributed by atoms with Gasteiger partial charge in [-0.1, -0.05) is 5.16 Å². The summed E-state index contributed by atoms with van der Waals surface area (Å²) in [5.74, 6) is -0.495. The van der Waals surface area contributed by atoms with Gasteiger partial charge in [-0.2, -0.15) is 18.2 Å². The largest absolute Gasteiger partial charge is 0.415 e. The maximum absolute atomic E-state index is 12.6. The van der Waals surface area contributed by atoms with Crippen molar-refractivity contribution in [2.24, 2.45) is 5.73 Å². The van der Waals surface area contributed by atoms with Gasteiger partial charge in [-0.25, -0.2) is 0 Å². The number of hydrogen-bond donors (Lipinski definition) is 1. The molecule has 98 valence electrons. The zero-order valence-electron chi connectivity index (χ0n) is 9.54. The van der Waals surface area contributed by atoms with Gasteiger partial charge in [-0.3, -0.25) is 0 Å². The summed E-state index contributed by atoms with van der Waals surface area (Å²) in [5.41, 5.74) is 2.50. The molecule has 0 aliphatic carbocycles. The molecule has 0 bridgehead atoms. The highest BCUT2D eigenvalue weighted by Crippen LogP contribution is 2.35. The number of hydrogen-bond acceptors (Lipinski definition) is 5. The molecular formula is C9H14F3N3O2. The number of alkyl halides is 3. The maximum Gasteiger partial charge on any atom is 0.415 e. The first kappa shape index (κ1) is 13.9. The SMILES string of the molecule is CCOCCc1noc(C(C)(N)C(F)(F)F)n1. The van der Waals surface area contributed by atoms with E-state index in [1.54, 1.807) is 0 Å². The molecule has 0 aliphatic rings. The van der Waals surface area contributed by atoms with Crippen molar-refractivity contribution in [3.63, 3.8) is 0 Å². The molecule has 1 atom stereocenters. The van der Waals surface area contributed by atoms with Gasteiger partial charge in [-0.15, -0.1) is 0 Å². The van der Waals surface area contributed by atoms with E-state index < -0.39 is 17.6 Å². The van der Waals surface area contributed by atoms with Crippen molar-refractivity contribution in [2.75, 3.05) is 13.2 Å². The van der Waals surface area contributed by atoms with Crippen LogP contribution in [0.4, 0.5) is 13.2 Å². The van der Waals surface area contributed by atoms with Gasteiger partial charge in [-0.05, 0) is 13.8 Å². The van der Waals surface area contributed by atoms with Crippen LogP contribution in [0.25, 0.3) is 0 Å². The molecule has 5 nitrogen and oxygen atoms in total. The Morgan fingerprint density at radius 1 is 1.41 bits per heavy atom. The van der Waals surface area contributed by atoms with E-state index in [0.29, 0.717) is 13.2 Å². The van der Waals surface area contributed by atoms with Crippen molar-refractivity contribution in [3.8, 4) is 0 Å². The number of nitrogens with zero attached hydrogens (tertiary/aromatic N) is 2. The van der Waals surface area contributed by atoms with Crippen LogP contribution in [0.2, 0.25) is 0 Å². The van der Waals surface area contributed by atoms with Crippen molar-refractivity contribution in [1.29, 1.82) is 0 Å². The second-order valence-electron chi connectivity index (χ2n) is 3.66. The van der Waals surface area contributed by atoms with E-state index in [-0.39, 0.29) is 12.2 Å². The Hall–Kier alpha value is -1.15. The Balaban J connectivity index is 2.74. The van der Waals surface area contributed by atoms with Gasteiger partial charge < -0.3 is 15.0 Å². The normalized spacial score (nSPS) is 15.9. The lowest BCUT2D eigenvalue weighted by Crippen LogP contribution is -2.48. The molecule has 0 fully saturated rings. The average Bonchev–Trinajstić information content (AvgIpc) is 2.65. The number of aromatic nitrogens is 2. The van der Waals surface area contributed by atoms with Gasteiger partial charge in [0, 0.05) is 13.0 Å². The van der Waals surface area contributed by atoms with E-state index >= 15 is 0 Å². The standard InChI is InChI=1S/C9H14F3N3O2/c1-3-16-5-4-6-14-7(17-15-6)8(2,13)9(10,11)12/h3-5,13H2,1-2H3. The fraction of sp³-hybridized carbons (Fsp3) is 0.778. The van der Waals surface area contributed by atoms with Crippen molar-refractivity contribution >= 4 is 0 Å². The lowest BCUT2D eigenvalue weighted by molar-refractivity contribution is -0.190. The minimum Gasteiger partial charge on any atom is -0.381 e. The summed E-state index contributed by atoms with van der Waals surface area (Å²) in [7, 11) is 0. The lowest BCUT2D eigenvalue weighted by atomic mass is 10.0. The van der Waals surface area contributed by atoms with Gasteiger partial charge in [0.25, 0.3) is 5.89 Å². The van der Waals surface area contributed by atoms with Crippen LogP contribution in [0, 0.1) is 0 Å². The van der Waals surface area contributed by atoms with Crippen LogP contribution in [0.5, 0.6) is 0 Å². The molecule has 0 aromatic carbocycles. The first-order chi connectivity index (χ1) is 7.79. The zero-order valence-corrected chi connectivity index (χ0v) is 9.54. The third-order valence-electron chi connectivity index (χ3n) is 2.18. The molecule has 1 unspecified atom stereocenters. The molecule has 0 saturated heterocycles. The summed E-state index contributed by atoms with van der Waals surface area (Å²) < 4.78 is 47.2. The van der Waals surface area contributed by atoms with Crippen molar-refractivity contribution in [2.45, 2.75) is 32.0 Å². The Bertz CT molecular complexity index is 363. The van der Waals surface area contributed by atoms with Crippen molar-refractivity contribution < 1.29 is 22.4 Å². The maximum atomic E-state index is 12.6. The third-order valence-corrected chi connectivity index (χ3v) is 2.18. The highest BCUT2D eigenvalue weighted by atomic mass is 19.4. The van der Waals surface area contributed by atoms with Gasteiger partial charge in [0.2, 0.25) is 0 Å². The van der Waals surface area contributed by atoms with Crippen LogP contribution in [0.15, 0.2) is 4.52 Å².